The van der Waals surface area contributed by atoms with Crippen LogP contribution in [0.2, 0.25) is 0 Å². The fourth-order valence-electron chi connectivity index (χ4n) is 2.01. The van der Waals surface area contributed by atoms with Crippen LogP contribution in [0.5, 0.6) is 5.88 Å². The molecule has 2 amide bonds. The summed E-state index contributed by atoms with van der Waals surface area (Å²) in [5.41, 5.74) is 2.38. The molecule has 0 aliphatic rings. The van der Waals surface area contributed by atoms with Gasteiger partial charge in [-0.15, -0.1) is 0 Å². The number of pyridine rings is 1. The monoisotopic (exact) mass is 299 g/mol. The first-order valence-corrected chi connectivity index (χ1v) is 6.70. The van der Waals surface area contributed by atoms with Crippen LogP contribution >= 0.6 is 0 Å². The average molecular weight is 299 g/mol. The lowest BCUT2D eigenvalue weighted by atomic mass is 10.1. The summed E-state index contributed by atoms with van der Waals surface area (Å²) < 4.78 is 5.08. The van der Waals surface area contributed by atoms with Crippen LogP contribution in [0.1, 0.15) is 22.8 Å². The molecule has 0 atom stereocenters. The number of ether oxygens (including phenoxy) is 1. The van der Waals surface area contributed by atoms with Crippen LogP contribution in [-0.4, -0.2) is 23.9 Å². The Morgan fingerprint density at radius 3 is 2.41 bits per heavy atom. The van der Waals surface area contributed by atoms with E-state index in [4.69, 9.17) is 4.74 Å². The lowest BCUT2D eigenvalue weighted by Gasteiger charge is -2.13. The summed E-state index contributed by atoms with van der Waals surface area (Å²) in [5.74, 6) is -0.232. The maximum atomic E-state index is 12.4. The zero-order chi connectivity index (χ0) is 16.1. The zero-order valence-corrected chi connectivity index (χ0v) is 12.6. The first kappa shape index (κ1) is 15.5. The highest BCUT2D eigenvalue weighted by Crippen LogP contribution is 2.24. The van der Waals surface area contributed by atoms with E-state index in [2.05, 4.69) is 15.6 Å². The Hall–Kier alpha value is -2.89. The number of carbonyl (C=O) groups excluding carboxylic acids is 2. The third-order valence-electron chi connectivity index (χ3n) is 3.10. The molecule has 0 aliphatic heterocycles. The first-order chi connectivity index (χ1) is 10.5. The van der Waals surface area contributed by atoms with Crippen molar-refractivity contribution >= 4 is 23.2 Å². The molecule has 114 valence electrons. The number of amides is 2. The minimum Gasteiger partial charge on any atom is -0.480 e. The fraction of sp³-hybridized carbons (Fsp3) is 0.188. The van der Waals surface area contributed by atoms with Crippen molar-refractivity contribution in [3.05, 3.63) is 47.7 Å². The number of nitrogens with one attached hydrogen (secondary N) is 2. The van der Waals surface area contributed by atoms with Crippen LogP contribution in [-0.2, 0) is 4.79 Å². The van der Waals surface area contributed by atoms with Crippen molar-refractivity contribution in [3.8, 4) is 5.88 Å². The smallest absolute Gasteiger partial charge is 0.261 e. The van der Waals surface area contributed by atoms with Gasteiger partial charge in [0, 0.05) is 24.5 Å². The van der Waals surface area contributed by atoms with Crippen molar-refractivity contribution < 1.29 is 14.3 Å². The van der Waals surface area contributed by atoms with Gasteiger partial charge in [0.25, 0.3) is 5.91 Å². The molecule has 0 aliphatic carbocycles. The summed E-state index contributed by atoms with van der Waals surface area (Å²) in [6.45, 7) is 3.26. The molecule has 2 aromatic rings. The van der Waals surface area contributed by atoms with Gasteiger partial charge in [-0.3, -0.25) is 9.59 Å². The maximum Gasteiger partial charge on any atom is 0.261 e. The average Bonchev–Trinajstić information content (AvgIpc) is 2.50. The summed E-state index contributed by atoms with van der Waals surface area (Å²) in [6.07, 6.45) is 1.55. The number of hydrogen-bond acceptors (Lipinski definition) is 4. The molecule has 1 heterocycles. The molecular formula is C16H17N3O3. The molecular weight excluding hydrogens is 282 g/mol. The minimum atomic E-state index is -0.326. The number of rotatable bonds is 4. The Kier molecular flexibility index (Phi) is 4.73. The van der Waals surface area contributed by atoms with Gasteiger partial charge in [-0.25, -0.2) is 4.98 Å². The topological polar surface area (TPSA) is 80.3 Å². The lowest BCUT2D eigenvalue weighted by Crippen LogP contribution is -2.15. The molecule has 1 aromatic heterocycles. The van der Waals surface area contributed by atoms with Gasteiger partial charge in [-0.2, -0.15) is 0 Å². The molecule has 0 saturated carbocycles. The van der Waals surface area contributed by atoms with E-state index in [1.165, 1.54) is 14.0 Å². The Morgan fingerprint density at radius 1 is 1.09 bits per heavy atom. The normalized spacial score (nSPS) is 9.95. The number of benzene rings is 1. The minimum absolute atomic E-state index is 0.166. The zero-order valence-electron chi connectivity index (χ0n) is 12.6. The molecule has 0 fully saturated rings. The van der Waals surface area contributed by atoms with E-state index >= 15 is 0 Å². The van der Waals surface area contributed by atoms with Crippen LogP contribution in [0.15, 0.2) is 36.5 Å². The van der Waals surface area contributed by atoms with E-state index in [0.717, 1.165) is 5.56 Å². The number of nitrogens with zero attached hydrogens (tertiary/aromatic N) is 1. The largest absolute Gasteiger partial charge is 0.480 e. The molecule has 0 unspecified atom stereocenters. The molecule has 0 saturated heterocycles. The van der Waals surface area contributed by atoms with Crippen molar-refractivity contribution in [2.45, 2.75) is 13.8 Å². The van der Waals surface area contributed by atoms with E-state index < -0.39 is 0 Å². The summed E-state index contributed by atoms with van der Waals surface area (Å²) in [5, 5.41) is 5.53. The molecule has 6 heteroatoms. The van der Waals surface area contributed by atoms with Gasteiger partial charge < -0.3 is 15.4 Å². The summed E-state index contributed by atoms with van der Waals surface area (Å²) in [7, 11) is 1.46. The second-order valence-corrected chi connectivity index (χ2v) is 4.67. The molecule has 2 N–H and O–H groups in total. The van der Waals surface area contributed by atoms with Gasteiger partial charge in [0.15, 0.2) is 0 Å². The number of methoxy groups -OCH3 is 1. The van der Waals surface area contributed by atoms with Crippen molar-refractivity contribution in [2.75, 3.05) is 17.7 Å². The predicted molar refractivity (Wildman–Crippen MR) is 84.2 cm³/mol. The second kappa shape index (κ2) is 6.71. The van der Waals surface area contributed by atoms with Crippen molar-refractivity contribution in [1.29, 1.82) is 0 Å². The molecule has 22 heavy (non-hydrogen) atoms. The third-order valence-corrected chi connectivity index (χ3v) is 3.10. The Labute approximate surface area is 128 Å². The fourth-order valence-corrected chi connectivity index (χ4v) is 2.01. The van der Waals surface area contributed by atoms with E-state index in [1.54, 1.807) is 36.5 Å². The Bertz CT molecular complexity index is 714. The maximum absolute atomic E-state index is 12.4. The highest BCUT2D eigenvalue weighted by molar-refractivity contribution is 6.06. The van der Waals surface area contributed by atoms with Crippen LogP contribution in [0.3, 0.4) is 0 Å². The predicted octanol–water partition coefficient (Wildman–Crippen LogP) is 2.61. The number of aromatic nitrogens is 1. The molecule has 1 aromatic carbocycles. The van der Waals surface area contributed by atoms with Gasteiger partial charge in [-0.1, -0.05) is 6.07 Å². The summed E-state index contributed by atoms with van der Waals surface area (Å²) in [4.78, 5) is 27.5. The van der Waals surface area contributed by atoms with Gasteiger partial charge >= 0.3 is 0 Å². The number of hydrogen-bond donors (Lipinski definition) is 2. The number of anilines is 2. The molecule has 6 nitrogen and oxygen atoms in total. The Balaban J connectivity index is 2.27. The van der Waals surface area contributed by atoms with Gasteiger partial charge in [0.1, 0.15) is 5.56 Å². The quantitative estimate of drug-likeness (QED) is 0.909. The van der Waals surface area contributed by atoms with Crippen LogP contribution in [0.25, 0.3) is 0 Å². The highest BCUT2D eigenvalue weighted by Gasteiger charge is 2.14. The third kappa shape index (κ3) is 3.41. The highest BCUT2D eigenvalue weighted by atomic mass is 16.5. The molecule has 0 bridgehead atoms. The SMILES string of the molecule is COc1ncccc1C(=O)Nc1cccc(NC(C)=O)c1C. The standard InChI is InChI=1S/C16H17N3O3/c1-10-13(18-11(2)20)7-4-8-14(10)19-15(21)12-6-5-9-17-16(12)22-3/h4-9H,1-3H3,(H,18,20)(H,19,21). The van der Waals surface area contributed by atoms with Crippen LogP contribution in [0, 0.1) is 6.92 Å². The lowest BCUT2D eigenvalue weighted by molar-refractivity contribution is -0.114. The first-order valence-electron chi connectivity index (χ1n) is 6.70. The van der Waals surface area contributed by atoms with Crippen molar-refractivity contribution in [3.63, 3.8) is 0 Å². The summed E-state index contributed by atoms with van der Waals surface area (Å²) >= 11 is 0. The van der Waals surface area contributed by atoms with Gasteiger partial charge in [0.05, 0.1) is 7.11 Å². The molecule has 0 radical (unpaired) electrons. The Morgan fingerprint density at radius 2 is 1.77 bits per heavy atom. The molecule has 0 spiro atoms. The number of carbonyl (C=O) groups is 2. The van der Waals surface area contributed by atoms with Gasteiger partial charge in [-0.05, 0) is 36.8 Å². The molecule has 2 rings (SSSR count). The van der Waals surface area contributed by atoms with E-state index in [1.807, 2.05) is 6.92 Å². The van der Waals surface area contributed by atoms with E-state index in [-0.39, 0.29) is 17.7 Å². The van der Waals surface area contributed by atoms with Crippen LogP contribution < -0.4 is 15.4 Å². The second-order valence-electron chi connectivity index (χ2n) is 4.67. The summed E-state index contributed by atoms with van der Waals surface area (Å²) in [6, 6.07) is 8.60. The van der Waals surface area contributed by atoms with Crippen molar-refractivity contribution in [1.82, 2.24) is 4.98 Å². The van der Waals surface area contributed by atoms with Gasteiger partial charge in [0.2, 0.25) is 11.8 Å². The van der Waals surface area contributed by atoms with Crippen molar-refractivity contribution in [2.24, 2.45) is 0 Å². The van der Waals surface area contributed by atoms with Crippen LogP contribution in [0.4, 0.5) is 11.4 Å². The van der Waals surface area contributed by atoms with E-state index in [9.17, 15) is 9.59 Å². The van der Waals surface area contributed by atoms with E-state index in [0.29, 0.717) is 16.9 Å².